The van der Waals surface area contributed by atoms with Crippen LogP contribution in [-0.4, -0.2) is 44.9 Å². The van der Waals surface area contributed by atoms with Crippen LogP contribution in [0.3, 0.4) is 0 Å². The molecule has 1 aliphatic rings. The van der Waals surface area contributed by atoms with Gasteiger partial charge in [-0.1, -0.05) is 60.7 Å². The summed E-state index contributed by atoms with van der Waals surface area (Å²) in [7, 11) is 1.69. The SMILES string of the molecule is Cn1c(=O)n(Cc2ccccc2)c(=O)c2c1nc(N1CCNCC1)n2Cc1ccccc1. The highest BCUT2D eigenvalue weighted by Gasteiger charge is 2.24. The summed E-state index contributed by atoms with van der Waals surface area (Å²) < 4.78 is 4.77. The van der Waals surface area contributed by atoms with E-state index in [0.29, 0.717) is 17.7 Å². The predicted octanol–water partition coefficient (Wildman–Crippen LogP) is 1.40. The van der Waals surface area contributed by atoms with Gasteiger partial charge >= 0.3 is 5.69 Å². The highest BCUT2D eigenvalue weighted by Crippen LogP contribution is 2.22. The number of benzene rings is 2. The summed E-state index contributed by atoms with van der Waals surface area (Å²) in [4.78, 5) is 33.8. The van der Waals surface area contributed by atoms with Crippen molar-refractivity contribution in [1.82, 2.24) is 24.0 Å². The Labute approximate surface area is 185 Å². The number of fused-ring (bicyclic) bond motifs is 1. The molecule has 164 valence electrons. The lowest BCUT2D eigenvalue weighted by Crippen LogP contribution is -2.44. The van der Waals surface area contributed by atoms with Crippen LogP contribution in [0.5, 0.6) is 0 Å². The number of aromatic nitrogens is 4. The number of aryl methyl sites for hydroxylation is 1. The molecule has 2 aromatic carbocycles. The van der Waals surface area contributed by atoms with Gasteiger partial charge in [0.1, 0.15) is 0 Å². The van der Waals surface area contributed by atoms with E-state index in [0.717, 1.165) is 43.3 Å². The maximum atomic E-state index is 13.7. The van der Waals surface area contributed by atoms with Crippen molar-refractivity contribution in [2.24, 2.45) is 7.05 Å². The van der Waals surface area contributed by atoms with Crippen molar-refractivity contribution in [3.8, 4) is 0 Å². The molecule has 0 amide bonds. The van der Waals surface area contributed by atoms with E-state index in [1.807, 2.05) is 65.2 Å². The lowest BCUT2D eigenvalue weighted by atomic mass is 10.2. The molecule has 0 radical (unpaired) electrons. The minimum atomic E-state index is -0.359. The molecule has 0 spiro atoms. The third kappa shape index (κ3) is 3.62. The first-order valence-electron chi connectivity index (χ1n) is 10.9. The van der Waals surface area contributed by atoms with Crippen molar-refractivity contribution in [3.63, 3.8) is 0 Å². The molecule has 0 atom stereocenters. The molecule has 8 heteroatoms. The third-order valence-corrected chi connectivity index (χ3v) is 5.98. The summed E-state index contributed by atoms with van der Waals surface area (Å²) in [6.45, 7) is 4.03. The second-order valence-corrected chi connectivity index (χ2v) is 8.11. The summed E-state index contributed by atoms with van der Waals surface area (Å²) in [5.41, 5.74) is 2.20. The van der Waals surface area contributed by atoms with E-state index in [4.69, 9.17) is 4.98 Å². The molecule has 1 aliphatic heterocycles. The van der Waals surface area contributed by atoms with Crippen molar-refractivity contribution >= 4 is 17.1 Å². The fourth-order valence-corrected chi connectivity index (χ4v) is 4.29. The van der Waals surface area contributed by atoms with Crippen LogP contribution in [0.1, 0.15) is 11.1 Å². The smallest absolute Gasteiger partial charge is 0.332 e. The summed E-state index contributed by atoms with van der Waals surface area (Å²) in [6, 6.07) is 19.6. The van der Waals surface area contributed by atoms with E-state index in [2.05, 4.69) is 10.2 Å². The van der Waals surface area contributed by atoms with Gasteiger partial charge in [0.05, 0.1) is 13.1 Å². The minimum absolute atomic E-state index is 0.224. The number of rotatable bonds is 5. The lowest BCUT2D eigenvalue weighted by Gasteiger charge is -2.28. The molecule has 2 aromatic heterocycles. The van der Waals surface area contributed by atoms with Gasteiger partial charge in [-0.25, -0.2) is 4.79 Å². The van der Waals surface area contributed by atoms with Crippen LogP contribution >= 0.6 is 0 Å². The number of hydrogen-bond donors (Lipinski definition) is 1. The lowest BCUT2D eigenvalue weighted by molar-refractivity contribution is 0.571. The standard InChI is InChI=1S/C24H26N6O2/c1-27-21-20(22(31)30(24(27)32)17-19-10-6-3-7-11-19)29(16-18-8-4-2-5-9-18)23(26-21)28-14-12-25-13-15-28/h2-11,25H,12-17H2,1H3. The average Bonchev–Trinajstić information content (AvgIpc) is 3.22. The number of anilines is 1. The Morgan fingerprint density at radius 2 is 1.41 bits per heavy atom. The molecule has 3 heterocycles. The van der Waals surface area contributed by atoms with E-state index in [-0.39, 0.29) is 17.8 Å². The van der Waals surface area contributed by atoms with Gasteiger partial charge in [0, 0.05) is 33.2 Å². The van der Waals surface area contributed by atoms with E-state index in [1.54, 1.807) is 7.05 Å². The van der Waals surface area contributed by atoms with Gasteiger partial charge in [0.25, 0.3) is 5.56 Å². The second-order valence-electron chi connectivity index (χ2n) is 8.11. The molecule has 5 rings (SSSR count). The largest absolute Gasteiger partial charge is 0.340 e. The van der Waals surface area contributed by atoms with Crippen LogP contribution in [-0.2, 0) is 20.1 Å². The van der Waals surface area contributed by atoms with Gasteiger partial charge in [0.15, 0.2) is 11.2 Å². The normalized spacial score (nSPS) is 14.2. The highest BCUT2D eigenvalue weighted by atomic mass is 16.2. The summed E-state index contributed by atoms with van der Waals surface area (Å²) in [5, 5.41) is 3.36. The number of nitrogens with one attached hydrogen (secondary N) is 1. The molecule has 0 saturated carbocycles. The Morgan fingerprint density at radius 1 is 0.844 bits per heavy atom. The van der Waals surface area contributed by atoms with Gasteiger partial charge in [-0.2, -0.15) is 4.98 Å². The molecule has 1 fully saturated rings. The summed E-state index contributed by atoms with van der Waals surface area (Å²) >= 11 is 0. The van der Waals surface area contributed by atoms with Crippen molar-refractivity contribution in [1.29, 1.82) is 0 Å². The van der Waals surface area contributed by atoms with Crippen LogP contribution in [0, 0.1) is 0 Å². The highest BCUT2D eigenvalue weighted by molar-refractivity contribution is 5.75. The van der Waals surface area contributed by atoms with Crippen molar-refractivity contribution in [2.45, 2.75) is 13.1 Å². The van der Waals surface area contributed by atoms with E-state index in [9.17, 15) is 9.59 Å². The zero-order valence-corrected chi connectivity index (χ0v) is 18.1. The minimum Gasteiger partial charge on any atom is -0.340 e. The Hall–Kier alpha value is -3.65. The zero-order chi connectivity index (χ0) is 22.1. The van der Waals surface area contributed by atoms with Crippen molar-refractivity contribution in [2.75, 3.05) is 31.1 Å². The van der Waals surface area contributed by atoms with E-state index < -0.39 is 0 Å². The maximum Gasteiger partial charge on any atom is 0.332 e. The van der Waals surface area contributed by atoms with Gasteiger partial charge in [0.2, 0.25) is 5.95 Å². The number of piperazine rings is 1. The molecule has 8 nitrogen and oxygen atoms in total. The molecular formula is C24H26N6O2. The van der Waals surface area contributed by atoms with Gasteiger partial charge in [-0.3, -0.25) is 18.5 Å². The molecular weight excluding hydrogens is 404 g/mol. The second kappa shape index (κ2) is 8.47. The fraction of sp³-hybridized carbons (Fsp3) is 0.292. The molecule has 0 bridgehead atoms. The first kappa shape index (κ1) is 20.3. The van der Waals surface area contributed by atoms with Crippen LogP contribution < -0.4 is 21.5 Å². The predicted molar refractivity (Wildman–Crippen MR) is 125 cm³/mol. The van der Waals surface area contributed by atoms with E-state index in [1.165, 1.54) is 9.13 Å². The first-order chi connectivity index (χ1) is 15.6. The molecule has 0 aliphatic carbocycles. The van der Waals surface area contributed by atoms with Crippen molar-refractivity contribution < 1.29 is 0 Å². The Bertz CT molecular complexity index is 1350. The molecule has 1 N–H and O–H groups in total. The number of imidazole rings is 1. The van der Waals surface area contributed by atoms with Crippen molar-refractivity contribution in [3.05, 3.63) is 92.6 Å². The molecule has 4 aromatic rings. The molecule has 32 heavy (non-hydrogen) atoms. The maximum absolute atomic E-state index is 13.7. The first-order valence-corrected chi connectivity index (χ1v) is 10.9. The number of hydrogen-bond acceptors (Lipinski definition) is 5. The van der Waals surface area contributed by atoms with Crippen LogP contribution in [0.25, 0.3) is 11.2 Å². The third-order valence-electron chi connectivity index (χ3n) is 5.98. The zero-order valence-electron chi connectivity index (χ0n) is 18.1. The average molecular weight is 431 g/mol. The monoisotopic (exact) mass is 430 g/mol. The Balaban J connectivity index is 1.73. The topological polar surface area (TPSA) is 77.1 Å². The van der Waals surface area contributed by atoms with E-state index >= 15 is 0 Å². The molecule has 1 saturated heterocycles. The Kier molecular flexibility index (Phi) is 5.36. The van der Waals surface area contributed by atoms with Gasteiger partial charge in [-0.05, 0) is 11.1 Å². The van der Waals surface area contributed by atoms with Crippen LogP contribution in [0.15, 0.2) is 70.3 Å². The Morgan fingerprint density at radius 3 is 2.00 bits per heavy atom. The summed E-state index contributed by atoms with van der Waals surface area (Å²) in [6.07, 6.45) is 0. The quantitative estimate of drug-likeness (QED) is 0.518. The van der Waals surface area contributed by atoms with Crippen LogP contribution in [0.2, 0.25) is 0 Å². The van der Waals surface area contributed by atoms with Crippen LogP contribution in [0.4, 0.5) is 5.95 Å². The van der Waals surface area contributed by atoms with Gasteiger partial charge < -0.3 is 10.2 Å². The number of nitrogens with zero attached hydrogens (tertiary/aromatic N) is 5. The summed E-state index contributed by atoms with van der Waals surface area (Å²) in [5.74, 6) is 0.731. The fourth-order valence-electron chi connectivity index (χ4n) is 4.29. The van der Waals surface area contributed by atoms with Gasteiger partial charge in [-0.15, -0.1) is 0 Å². The molecule has 0 unspecified atom stereocenters.